The zero-order chi connectivity index (χ0) is 22.5. The average molecular weight is 448 g/mol. The molecule has 0 aliphatic carbocycles. The van der Waals surface area contributed by atoms with Crippen LogP contribution < -0.4 is 4.74 Å². The molecule has 0 unspecified atom stereocenters. The molecule has 32 heavy (non-hydrogen) atoms. The first-order valence-corrected chi connectivity index (χ1v) is 11.5. The molecule has 1 amide bonds. The van der Waals surface area contributed by atoms with Crippen LogP contribution in [0.25, 0.3) is 10.8 Å². The van der Waals surface area contributed by atoms with Gasteiger partial charge in [-0.1, -0.05) is 54.1 Å². The van der Waals surface area contributed by atoms with Crippen molar-refractivity contribution in [3.05, 3.63) is 75.8 Å². The summed E-state index contributed by atoms with van der Waals surface area (Å²) in [6.45, 7) is 5.00. The number of fused-ring (bicyclic) bond motifs is 2. The number of nitrogens with zero attached hydrogens (tertiary/aromatic N) is 1. The molecule has 3 aromatic rings. The van der Waals surface area contributed by atoms with Crippen LogP contribution in [0.2, 0.25) is 5.02 Å². The van der Waals surface area contributed by atoms with Gasteiger partial charge in [0.25, 0.3) is 0 Å². The van der Waals surface area contributed by atoms with Gasteiger partial charge in [0.05, 0.1) is 18.4 Å². The number of ketones is 1. The van der Waals surface area contributed by atoms with Crippen LogP contribution in [0.4, 0.5) is 0 Å². The van der Waals surface area contributed by atoms with Gasteiger partial charge in [-0.3, -0.25) is 9.59 Å². The first-order valence-electron chi connectivity index (χ1n) is 11.1. The lowest BCUT2D eigenvalue weighted by atomic mass is 9.81. The van der Waals surface area contributed by atoms with Crippen molar-refractivity contribution in [3.8, 4) is 5.75 Å². The molecule has 0 saturated carbocycles. The Hall–Kier alpha value is -2.85. The topological polar surface area (TPSA) is 46.6 Å². The molecular weight excluding hydrogens is 422 g/mol. The molecule has 2 aliphatic rings. The smallest absolute Gasteiger partial charge is 0.227 e. The van der Waals surface area contributed by atoms with E-state index in [9.17, 15) is 9.59 Å². The molecule has 1 spiro atoms. The molecule has 5 heteroatoms. The number of ether oxygens (including phenoxy) is 1. The minimum absolute atomic E-state index is 0.0844. The minimum atomic E-state index is -0.535. The van der Waals surface area contributed by atoms with Gasteiger partial charge in [0.2, 0.25) is 5.91 Å². The summed E-state index contributed by atoms with van der Waals surface area (Å²) in [5, 5.41) is 2.90. The first kappa shape index (κ1) is 21.0. The molecule has 4 nitrogen and oxygen atoms in total. The maximum absolute atomic E-state index is 13.1. The third-order valence-corrected chi connectivity index (χ3v) is 7.56. The Balaban J connectivity index is 1.31. The highest BCUT2D eigenvalue weighted by atomic mass is 35.5. The Morgan fingerprint density at radius 2 is 1.81 bits per heavy atom. The van der Waals surface area contributed by atoms with E-state index in [2.05, 4.69) is 18.2 Å². The van der Waals surface area contributed by atoms with Gasteiger partial charge in [-0.15, -0.1) is 0 Å². The fourth-order valence-electron chi connectivity index (χ4n) is 5.16. The summed E-state index contributed by atoms with van der Waals surface area (Å²) < 4.78 is 6.43. The van der Waals surface area contributed by atoms with Crippen LogP contribution >= 0.6 is 11.6 Å². The molecule has 5 rings (SSSR count). The van der Waals surface area contributed by atoms with E-state index in [0.29, 0.717) is 55.1 Å². The lowest BCUT2D eigenvalue weighted by Crippen LogP contribution is -2.52. The largest absolute Gasteiger partial charge is 0.486 e. The molecular formula is C27H26ClNO3. The average Bonchev–Trinajstić information content (AvgIpc) is 2.78. The molecule has 2 heterocycles. The third kappa shape index (κ3) is 3.57. The number of aryl methyl sites for hydroxylation is 1. The Labute approximate surface area is 193 Å². The van der Waals surface area contributed by atoms with Crippen molar-refractivity contribution in [3.63, 3.8) is 0 Å². The van der Waals surface area contributed by atoms with Crippen molar-refractivity contribution in [1.82, 2.24) is 4.90 Å². The van der Waals surface area contributed by atoms with Crippen LogP contribution in [0.3, 0.4) is 0 Å². The first-order chi connectivity index (χ1) is 15.4. The van der Waals surface area contributed by atoms with E-state index in [1.165, 1.54) is 0 Å². The van der Waals surface area contributed by atoms with Crippen molar-refractivity contribution in [2.45, 2.75) is 45.1 Å². The number of rotatable bonds is 2. The van der Waals surface area contributed by atoms with E-state index in [-0.39, 0.29) is 11.7 Å². The van der Waals surface area contributed by atoms with Crippen molar-refractivity contribution < 1.29 is 14.3 Å². The fourth-order valence-corrected chi connectivity index (χ4v) is 5.31. The molecule has 0 atom stereocenters. The van der Waals surface area contributed by atoms with Gasteiger partial charge >= 0.3 is 0 Å². The highest BCUT2D eigenvalue weighted by Crippen LogP contribution is 2.43. The second-order valence-corrected chi connectivity index (χ2v) is 9.46. The lowest BCUT2D eigenvalue weighted by Gasteiger charge is -2.44. The molecule has 0 radical (unpaired) electrons. The number of Topliss-reactive ketones (excluding diaryl/α,β-unsaturated/α-hetero) is 1. The maximum Gasteiger partial charge on any atom is 0.227 e. The molecule has 164 valence electrons. The highest BCUT2D eigenvalue weighted by Gasteiger charge is 2.44. The van der Waals surface area contributed by atoms with E-state index >= 15 is 0 Å². The van der Waals surface area contributed by atoms with Crippen molar-refractivity contribution in [2.75, 3.05) is 13.1 Å². The van der Waals surface area contributed by atoms with Crippen LogP contribution in [0.15, 0.2) is 48.5 Å². The van der Waals surface area contributed by atoms with Gasteiger partial charge in [-0.25, -0.2) is 0 Å². The summed E-state index contributed by atoms with van der Waals surface area (Å²) in [5.41, 5.74) is 2.84. The predicted octanol–water partition coefficient (Wildman–Crippen LogP) is 5.68. The van der Waals surface area contributed by atoms with Crippen LogP contribution in [0.5, 0.6) is 5.75 Å². The molecule has 0 N–H and O–H groups in total. The summed E-state index contributed by atoms with van der Waals surface area (Å²) >= 11 is 6.36. The zero-order valence-corrected chi connectivity index (χ0v) is 19.2. The number of carbonyl (C=O) groups excluding carboxylic acids is 2. The van der Waals surface area contributed by atoms with E-state index in [1.807, 2.05) is 49.1 Å². The number of carbonyl (C=O) groups is 2. The van der Waals surface area contributed by atoms with Gasteiger partial charge in [0, 0.05) is 31.0 Å². The Kier molecular flexibility index (Phi) is 5.21. The van der Waals surface area contributed by atoms with Crippen LogP contribution in [0, 0.1) is 13.8 Å². The maximum atomic E-state index is 13.1. The predicted molar refractivity (Wildman–Crippen MR) is 127 cm³/mol. The fraction of sp³-hybridized carbons (Fsp3) is 0.333. The van der Waals surface area contributed by atoms with Crippen LogP contribution in [-0.4, -0.2) is 35.3 Å². The van der Waals surface area contributed by atoms with Gasteiger partial charge < -0.3 is 9.64 Å². The number of halogens is 1. The normalized spacial score (nSPS) is 17.3. The van der Waals surface area contributed by atoms with Crippen molar-refractivity contribution in [2.24, 2.45) is 0 Å². The summed E-state index contributed by atoms with van der Waals surface area (Å²) in [5.74, 6) is 0.842. The number of hydrogen-bond donors (Lipinski definition) is 0. The van der Waals surface area contributed by atoms with Crippen LogP contribution in [-0.2, 0) is 11.2 Å². The number of amides is 1. The highest BCUT2D eigenvalue weighted by molar-refractivity contribution is 6.32. The van der Waals surface area contributed by atoms with Crippen molar-refractivity contribution >= 4 is 34.1 Å². The molecule has 1 saturated heterocycles. The van der Waals surface area contributed by atoms with E-state index in [0.717, 1.165) is 27.5 Å². The second-order valence-electron chi connectivity index (χ2n) is 9.09. The van der Waals surface area contributed by atoms with Gasteiger partial charge in [-0.2, -0.15) is 0 Å². The molecule has 3 aromatic carbocycles. The summed E-state index contributed by atoms with van der Waals surface area (Å²) in [4.78, 5) is 28.0. The Morgan fingerprint density at radius 3 is 2.59 bits per heavy atom. The zero-order valence-electron chi connectivity index (χ0n) is 18.4. The number of likely N-dealkylation sites (tertiary alicyclic amines) is 1. The summed E-state index contributed by atoms with van der Waals surface area (Å²) in [7, 11) is 0. The second kappa shape index (κ2) is 7.93. The van der Waals surface area contributed by atoms with Gasteiger partial charge in [0.1, 0.15) is 11.4 Å². The minimum Gasteiger partial charge on any atom is -0.486 e. The monoisotopic (exact) mass is 447 g/mol. The van der Waals surface area contributed by atoms with Crippen molar-refractivity contribution in [1.29, 1.82) is 0 Å². The van der Waals surface area contributed by atoms with Gasteiger partial charge in [0.15, 0.2) is 5.78 Å². The number of piperidine rings is 1. The molecule has 2 aliphatic heterocycles. The molecule has 0 aromatic heterocycles. The lowest BCUT2D eigenvalue weighted by molar-refractivity contribution is -0.134. The standard InChI is InChI=1S/C27H26ClNO3/c1-17-14-23-25(18(2)26(17)28)22(30)16-27(32-23)10-12-29(13-11-27)24(31)15-20-8-5-7-19-6-3-4-9-21(19)20/h3-9,14H,10-13,15-16H2,1-2H3. The van der Waals surface area contributed by atoms with E-state index in [4.69, 9.17) is 16.3 Å². The number of hydrogen-bond acceptors (Lipinski definition) is 3. The van der Waals surface area contributed by atoms with Crippen LogP contribution in [0.1, 0.15) is 46.3 Å². The van der Waals surface area contributed by atoms with E-state index < -0.39 is 5.60 Å². The summed E-state index contributed by atoms with van der Waals surface area (Å²) in [6.07, 6.45) is 2.03. The quantitative estimate of drug-likeness (QED) is 0.507. The number of benzene rings is 3. The van der Waals surface area contributed by atoms with Gasteiger partial charge in [-0.05, 0) is 47.4 Å². The molecule has 1 fully saturated rings. The third-order valence-electron chi connectivity index (χ3n) is 6.98. The van der Waals surface area contributed by atoms with E-state index in [1.54, 1.807) is 0 Å². The molecule has 0 bridgehead atoms. The Bertz CT molecular complexity index is 1240. The SMILES string of the molecule is Cc1cc2c(c(C)c1Cl)C(=O)CC1(CCN(C(=O)Cc3cccc4ccccc34)CC1)O2. The summed E-state index contributed by atoms with van der Waals surface area (Å²) in [6, 6.07) is 16.1. The Morgan fingerprint density at radius 1 is 1.09 bits per heavy atom.